The molecule has 1 atom stereocenters. The molecule has 1 aromatic rings. The maximum atomic E-state index is 9.63. The van der Waals surface area contributed by atoms with Crippen LogP contribution in [-0.2, 0) is 5.60 Å². The van der Waals surface area contributed by atoms with Gasteiger partial charge in [-0.3, -0.25) is 0 Å². The Labute approximate surface area is 70.6 Å². The minimum atomic E-state index is -1.34. The number of aromatic nitrogens is 2. The molecule has 0 aliphatic rings. The Balaban J connectivity index is 3.02. The smallest absolute Gasteiger partial charge is 0.260 e. The molecule has 4 heteroatoms. The largest absolute Gasteiger partial charge is 0.421 e. The van der Waals surface area contributed by atoms with E-state index >= 15 is 0 Å². The Morgan fingerprint density at radius 1 is 1.50 bits per heavy atom. The highest BCUT2D eigenvalue weighted by Gasteiger charge is 2.26. The Hall–Kier alpha value is -1.34. The summed E-state index contributed by atoms with van der Waals surface area (Å²) in [5.41, 5.74) is -1.34. The Morgan fingerprint density at radius 2 is 2.17 bits per heavy atom. The van der Waals surface area contributed by atoms with E-state index in [0.29, 0.717) is 5.89 Å². The first kappa shape index (κ1) is 8.75. The third-order valence-electron chi connectivity index (χ3n) is 1.31. The molecule has 0 fully saturated rings. The van der Waals surface area contributed by atoms with Crippen molar-refractivity contribution in [3.8, 4) is 11.8 Å². The fourth-order valence-electron chi connectivity index (χ4n) is 0.790. The zero-order valence-corrected chi connectivity index (χ0v) is 7.25. The summed E-state index contributed by atoms with van der Waals surface area (Å²) in [4.78, 5) is 0. The van der Waals surface area contributed by atoms with E-state index in [9.17, 15) is 5.11 Å². The first-order chi connectivity index (χ1) is 5.56. The van der Waals surface area contributed by atoms with E-state index in [0.717, 1.165) is 0 Å². The molecule has 4 nitrogen and oxygen atoms in total. The van der Waals surface area contributed by atoms with E-state index in [1.807, 2.05) is 0 Å². The van der Waals surface area contributed by atoms with Crippen LogP contribution in [0.5, 0.6) is 0 Å². The van der Waals surface area contributed by atoms with Crippen LogP contribution in [0.15, 0.2) is 4.42 Å². The highest BCUT2D eigenvalue weighted by Crippen LogP contribution is 2.17. The number of aliphatic hydroxyl groups is 1. The monoisotopic (exact) mass is 166 g/mol. The van der Waals surface area contributed by atoms with Crippen molar-refractivity contribution in [2.45, 2.75) is 26.4 Å². The van der Waals surface area contributed by atoms with E-state index in [4.69, 9.17) is 4.42 Å². The molecule has 0 aromatic carbocycles. The minimum absolute atomic E-state index is 0.134. The van der Waals surface area contributed by atoms with Gasteiger partial charge in [0.15, 0.2) is 0 Å². The summed E-state index contributed by atoms with van der Waals surface area (Å²) < 4.78 is 5.03. The van der Waals surface area contributed by atoms with Gasteiger partial charge in [-0.05, 0) is 13.8 Å². The molecular weight excluding hydrogens is 156 g/mol. The van der Waals surface area contributed by atoms with Gasteiger partial charge in [-0.2, -0.15) is 0 Å². The Kier molecular flexibility index (Phi) is 2.15. The zero-order valence-electron chi connectivity index (χ0n) is 7.25. The molecule has 0 aliphatic carbocycles. The van der Waals surface area contributed by atoms with Crippen LogP contribution in [0, 0.1) is 18.8 Å². The van der Waals surface area contributed by atoms with Crippen LogP contribution in [0.25, 0.3) is 0 Å². The van der Waals surface area contributed by atoms with Crippen molar-refractivity contribution in [3.63, 3.8) is 0 Å². The van der Waals surface area contributed by atoms with Crippen LogP contribution in [0.3, 0.4) is 0 Å². The summed E-state index contributed by atoms with van der Waals surface area (Å²) in [7, 11) is 0. The highest BCUT2D eigenvalue weighted by atomic mass is 16.4. The van der Waals surface area contributed by atoms with Crippen molar-refractivity contribution < 1.29 is 9.52 Å². The molecule has 0 bridgehead atoms. The van der Waals surface area contributed by atoms with Gasteiger partial charge in [0.25, 0.3) is 5.89 Å². The lowest BCUT2D eigenvalue weighted by Crippen LogP contribution is -2.18. The number of rotatable bonds is 1. The molecule has 64 valence electrons. The lowest BCUT2D eigenvalue weighted by atomic mass is 10.1. The fraction of sp³-hybridized carbons (Fsp3) is 0.500. The molecule has 0 radical (unpaired) electrons. The third-order valence-corrected chi connectivity index (χ3v) is 1.31. The molecule has 0 spiro atoms. The number of hydrogen-bond acceptors (Lipinski definition) is 4. The second kappa shape index (κ2) is 2.95. The van der Waals surface area contributed by atoms with Gasteiger partial charge in [0.05, 0.1) is 0 Å². The molecule has 1 unspecified atom stereocenters. The summed E-state index contributed by atoms with van der Waals surface area (Å²) in [5.74, 6) is 5.70. The quantitative estimate of drug-likeness (QED) is 0.621. The van der Waals surface area contributed by atoms with E-state index in [1.54, 1.807) is 13.8 Å². The van der Waals surface area contributed by atoms with Gasteiger partial charge in [-0.25, -0.2) is 0 Å². The average molecular weight is 166 g/mol. The SMILES string of the molecule is CC#CC(C)(O)c1nnc(C)o1. The van der Waals surface area contributed by atoms with Gasteiger partial charge >= 0.3 is 0 Å². The predicted molar refractivity (Wildman–Crippen MR) is 42.1 cm³/mol. The third kappa shape index (κ3) is 1.63. The van der Waals surface area contributed by atoms with Gasteiger partial charge in [0, 0.05) is 6.92 Å². The summed E-state index contributed by atoms with van der Waals surface area (Å²) in [6, 6.07) is 0. The number of hydrogen-bond donors (Lipinski definition) is 1. The van der Waals surface area contributed by atoms with Crippen LogP contribution >= 0.6 is 0 Å². The topological polar surface area (TPSA) is 59.2 Å². The first-order valence-electron chi connectivity index (χ1n) is 3.53. The van der Waals surface area contributed by atoms with Gasteiger partial charge in [0.1, 0.15) is 0 Å². The fourth-order valence-corrected chi connectivity index (χ4v) is 0.790. The van der Waals surface area contributed by atoms with Crippen molar-refractivity contribution in [3.05, 3.63) is 11.8 Å². The standard InChI is InChI=1S/C8H10N2O2/c1-4-5-8(3,11)7-10-9-6(2)12-7/h11H,1-3H3. The van der Waals surface area contributed by atoms with Crippen LogP contribution in [0.2, 0.25) is 0 Å². The first-order valence-corrected chi connectivity index (χ1v) is 3.53. The summed E-state index contributed by atoms with van der Waals surface area (Å²) in [6.07, 6.45) is 0. The molecule has 12 heavy (non-hydrogen) atoms. The second-order valence-corrected chi connectivity index (χ2v) is 2.57. The molecule has 0 saturated heterocycles. The zero-order chi connectivity index (χ0) is 9.19. The Morgan fingerprint density at radius 3 is 2.58 bits per heavy atom. The molecule has 0 amide bonds. The van der Waals surface area contributed by atoms with Gasteiger partial charge in [0.2, 0.25) is 11.5 Å². The van der Waals surface area contributed by atoms with E-state index < -0.39 is 5.60 Å². The minimum Gasteiger partial charge on any atom is -0.421 e. The van der Waals surface area contributed by atoms with E-state index in [1.165, 1.54) is 6.92 Å². The molecule has 0 aliphatic heterocycles. The van der Waals surface area contributed by atoms with Gasteiger partial charge in [-0.1, -0.05) is 5.92 Å². The van der Waals surface area contributed by atoms with E-state index in [-0.39, 0.29) is 5.89 Å². The summed E-state index contributed by atoms with van der Waals surface area (Å²) in [5, 5.41) is 16.9. The lowest BCUT2D eigenvalue weighted by Gasteiger charge is -2.09. The highest BCUT2D eigenvalue weighted by molar-refractivity contribution is 5.16. The molecule has 1 aromatic heterocycles. The maximum absolute atomic E-state index is 9.63. The van der Waals surface area contributed by atoms with Crippen molar-refractivity contribution in [2.75, 3.05) is 0 Å². The van der Waals surface area contributed by atoms with Crippen LogP contribution in [-0.4, -0.2) is 15.3 Å². The Bertz CT molecular complexity index is 330. The lowest BCUT2D eigenvalue weighted by molar-refractivity contribution is 0.0881. The van der Waals surface area contributed by atoms with Gasteiger partial charge < -0.3 is 9.52 Å². The molecule has 1 rings (SSSR count). The number of nitrogens with zero attached hydrogens (tertiary/aromatic N) is 2. The molecular formula is C8H10N2O2. The normalized spacial score (nSPS) is 14.7. The van der Waals surface area contributed by atoms with Gasteiger partial charge in [-0.15, -0.1) is 16.1 Å². The van der Waals surface area contributed by atoms with Crippen molar-refractivity contribution >= 4 is 0 Å². The van der Waals surface area contributed by atoms with Crippen LogP contribution in [0.1, 0.15) is 25.6 Å². The summed E-state index contributed by atoms with van der Waals surface area (Å²) in [6.45, 7) is 4.81. The average Bonchev–Trinajstić information content (AvgIpc) is 2.36. The second-order valence-electron chi connectivity index (χ2n) is 2.57. The molecule has 1 N–H and O–H groups in total. The van der Waals surface area contributed by atoms with Crippen molar-refractivity contribution in [1.82, 2.24) is 10.2 Å². The molecule has 1 heterocycles. The van der Waals surface area contributed by atoms with Crippen LogP contribution < -0.4 is 0 Å². The van der Waals surface area contributed by atoms with E-state index in [2.05, 4.69) is 22.0 Å². The van der Waals surface area contributed by atoms with Crippen molar-refractivity contribution in [1.29, 1.82) is 0 Å². The maximum Gasteiger partial charge on any atom is 0.260 e. The molecule has 0 saturated carbocycles. The van der Waals surface area contributed by atoms with Crippen molar-refractivity contribution in [2.24, 2.45) is 0 Å². The summed E-state index contributed by atoms with van der Waals surface area (Å²) >= 11 is 0. The number of aryl methyl sites for hydroxylation is 1. The van der Waals surface area contributed by atoms with Crippen LogP contribution in [0.4, 0.5) is 0 Å². The predicted octanol–water partition coefficient (Wildman–Crippen LogP) is 0.609.